The molecule has 3 rings (SSSR count). The van der Waals surface area contributed by atoms with Crippen molar-refractivity contribution >= 4 is 11.9 Å². The van der Waals surface area contributed by atoms with Gasteiger partial charge in [0.05, 0.1) is 11.3 Å². The number of nitrogens with zero attached hydrogens (tertiary/aromatic N) is 3. The fraction of sp³-hybridized carbons (Fsp3) is 0.353. The first-order valence-electron chi connectivity index (χ1n) is 7.43. The van der Waals surface area contributed by atoms with Gasteiger partial charge in [0.15, 0.2) is 0 Å². The molecule has 0 bridgehead atoms. The minimum atomic E-state index is -0.0914. The highest BCUT2D eigenvalue weighted by atomic mass is 16.1. The number of rotatable bonds is 4. The first-order valence-corrected chi connectivity index (χ1v) is 7.43. The van der Waals surface area contributed by atoms with Gasteiger partial charge in [0.1, 0.15) is 0 Å². The summed E-state index contributed by atoms with van der Waals surface area (Å²) < 4.78 is 0. The Morgan fingerprint density at radius 3 is 2.64 bits per heavy atom. The van der Waals surface area contributed by atoms with Gasteiger partial charge in [-0.1, -0.05) is 30.3 Å². The SMILES string of the molecule is Cc1nc(N(C)C)ncc1C(=O)N[C@@H]1C[C@H]1c1ccccc1. The van der Waals surface area contributed by atoms with Crippen molar-refractivity contribution in [2.75, 3.05) is 19.0 Å². The first-order chi connectivity index (χ1) is 10.6. The maximum absolute atomic E-state index is 12.4. The Bertz CT molecular complexity index is 684. The Hall–Kier alpha value is -2.43. The molecule has 5 heteroatoms. The number of amides is 1. The van der Waals surface area contributed by atoms with Crippen LogP contribution in [0, 0.1) is 6.92 Å². The highest BCUT2D eigenvalue weighted by Crippen LogP contribution is 2.40. The third-order valence-corrected chi connectivity index (χ3v) is 3.95. The zero-order valence-corrected chi connectivity index (χ0v) is 13.1. The normalized spacial score (nSPS) is 19.6. The van der Waals surface area contributed by atoms with E-state index in [1.807, 2.05) is 44.1 Å². The second kappa shape index (κ2) is 5.75. The third kappa shape index (κ3) is 2.93. The molecule has 22 heavy (non-hydrogen) atoms. The van der Waals surface area contributed by atoms with Gasteiger partial charge < -0.3 is 10.2 Å². The highest BCUT2D eigenvalue weighted by molar-refractivity contribution is 5.95. The molecule has 2 aromatic rings. The molecule has 1 amide bonds. The van der Waals surface area contributed by atoms with Gasteiger partial charge in [-0.25, -0.2) is 9.97 Å². The van der Waals surface area contributed by atoms with Gasteiger partial charge in [-0.05, 0) is 18.9 Å². The molecule has 0 aliphatic heterocycles. The first kappa shape index (κ1) is 14.5. The topological polar surface area (TPSA) is 58.1 Å². The van der Waals surface area contributed by atoms with Crippen LogP contribution in [0.25, 0.3) is 0 Å². The standard InChI is InChI=1S/C17H20N4O/c1-11-14(10-18-17(19-11)21(2)3)16(22)20-15-9-13(15)12-7-5-4-6-8-12/h4-8,10,13,15H,9H2,1-3H3,(H,20,22)/t13-,15+/m0/s1. The van der Waals surface area contributed by atoms with Crippen LogP contribution in [0.2, 0.25) is 0 Å². The van der Waals surface area contributed by atoms with Crippen molar-refractivity contribution < 1.29 is 4.79 Å². The van der Waals surface area contributed by atoms with Crippen molar-refractivity contribution in [1.29, 1.82) is 0 Å². The molecule has 0 saturated heterocycles. The molecule has 1 aliphatic rings. The zero-order chi connectivity index (χ0) is 15.7. The number of nitrogens with one attached hydrogen (secondary N) is 1. The molecule has 1 N–H and O–H groups in total. The van der Waals surface area contributed by atoms with Crippen molar-refractivity contribution in [3.05, 3.63) is 53.3 Å². The van der Waals surface area contributed by atoms with Gasteiger partial charge in [0, 0.05) is 32.3 Å². The van der Waals surface area contributed by atoms with Crippen LogP contribution in [-0.4, -0.2) is 36.0 Å². The molecule has 1 aromatic heterocycles. The van der Waals surface area contributed by atoms with E-state index in [1.54, 1.807) is 6.20 Å². The summed E-state index contributed by atoms with van der Waals surface area (Å²) in [6.45, 7) is 1.84. The molecule has 1 saturated carbocycles. The van der Waals surface area contributed by atoms with Gasteiger partial charge in [0.2, 0.25) is 5.95 Å². The van der Waals surface area contributed by atoms with Crippen LogP contribution in [-0.2, 0) is 0 Å². The minimum Gasteiger partial charge on any atom is -0.349 e. The summed E-state index contributed by atoms with van der Waals surface area (Å²) in [4.78, 5) is 22.8. The number of carbonyl (C=O) groups is 1. The Kier molecular flexibility index (Phi) is 3.79. The quantitative estimate of drug-likeness (QED) is 0.939. The molecule has 0 spiro atoms. The summed E-state index contributed by atoms with van der Waals surface area (Å²) in [7, 11) is 3.76. The lowest BCUT2D eigenvalue weighted by Gasteiger charge is -2.12. The Balaban J connectivity index is 1.66. The molecule has 0 unspecified atom stereocenters. The lowest BCUT2D eigenvalue weighted by molar-refractivity contribution is 0.0949. The van der Waals surface area contributed by atoms with Gasteiger partial charge in [-0.2, -0.15) is 0 Å². The van der Waals surface area contributed by atoms with E-state index >= 15 is 0 Å². The van der Waals surface area contributed by atoms with E-state index in [9.17, 15) is 4.79 Å². The van der Waals surface area contributed by atoms with Crippen LogP contribution in [0.1, 0.15) is 34.0 Å². The Labute approximate surface area is 130 Å². The second-order valence-corrected chi connectivity index (χ2v) is 5.90. The second-order valence-electron chi connectivity index (χ2n) is 5.90. The maximum Gasteiger partial charge on any atom is 0.254 e. The summed E-state index contributed by atoms with van der Waals surface area (Å²) in [6.07, 6.45) is 2.60. The van der Waals surface area contributed by atoms with E-state index < -0.39 is 0 Å². The van der Waals surface area contributed by atoms with Gasteiger partial charge >= 0.3 is 0 Å². The van der Waals surface area contributed by atoms with Gasteiger partial charge in [-0.3, -0.25) is 4.79 Å². The van der Waals surface area contributed by atoms with E-state index in [2.05, 4.69) is 27.4 Å². The molecule has 114 valence electrons. The van der Waals surface area contributed by atoms with Crippen LogP contribution >= 0.6 is 0 Å². The molecule has 5 nitrogen and oxygen atoms in total. The van der Waals surface area contributed by atoms with Crippen molar-refractivity contribution in [1.82, 2.24) is 15.3 Å². The number of hydrogen-bond donors (Lipinski definition) is 1. The van der Waals surface area contributed by atoms with E-state index in [4.69, 9.17) is 0 Å². The van der Waals surface area contributed by atoms with Crippen LogP contribution in [0.15, 0.2) is 36.5 Å². The average Bonchev–Trinajstić information content (AvgIpc) is 3.27. The predicted molar refractivity (Wildman–Crippen MR) is 86.2 cm³/mol. The third-order valence-electron chi connectivity index (χ3n) is 3.95. The summed E-state index contributed by atoms with van der Waals surface area (Å²) in [5.41, 5.74) is 2.53. The molecule has 1 fully saturated rings. The van der Waals surface area contributed by atoms with Gasteiger partial charge in [0.25, 0.3) is 5.91 Å². The smallest absolute Gasteiger partial charge is 0.254 e. The van der Waals surface area contributed by atoms with Crippen molar-refractivity contribution in [3.8, 4) is 0 Å². The molecule has 1 aliphatic carbocycles. The van der Waals surface area contributed by atoms with E-state index in [0.717, 1.165) is 6.42 Å². The number of benzene rings is 1. The van der Waals surface area contributed by atoms with Gasteiger partial charge in [-0.15, -0.1) is 0 Å². The van der Waals surface area contributed by atoms with Crippen molar-refractivity contribution in [3.63, 3.8) is 0 Å². The summed E-state index contributed by atoms with van der Waals surface area (Å²) in [5.74, 6) is 0.946. The van der Waals surface area contributed by atoms with Crippen LogP contribution in [0.3, 0.4) is 0 Å². The number of anilines is 1. The monoisotopic (exact) mass is 296 g/mol. The van der Waals surface area contributed by atoms with Crippen LogP contribution in [0.5, 0.6) is 0 Å². The zero-order valence-electron chi connectivity index (χ0n) is 13.1. The lowest BCUT2D eigenvalue weighted by atomic mass is 10.1. The van der Waals surface area contributed by atoms with E-state index in [-0.39, 0.29) is 11.9 Å². The number of hydrogen-bond acceptors (Lipinski definition) is 4. The fourth-order valence-corrected chi connectivity index (χ4v) is 2.56. The number of carbonyl (C=O) groups excluding carboxylic acids is 1. The highest BCUT2D eigenvalue weighted by Gasteiger charge is 2.39. The predicted octanol–water partition coefficient (Wildman–Crippen LogP) is 2.14. The largest absolute Gasteiger partial charge is 0.349 e. The molecule has 1 heterocycles. The van der Waals surface area contributed by atoms with Crippen molar-refractivity contribution in [2.45, 2.75) is 25.3 Å². The molecule has 0 radical (unpaired) electrons. The summed E-state index contributed by atoms with van der Waals surface area (Å²) in [6, 6.07) is 10.5. The Morgan fingerprint density at radius 2 is 2.00 bits per heavy atom. The van der Waals surface area contributed by atoms with Crippen LogP contribution in [0.4, 0.5) is 5.95 Å². The van der Waals surface area contributed by atoms with Crippen LogP contribution < -0.4 is 10.2 Å². The van der Waals surface area contributed by atoms with E-state index in [0.29, 0.717) is 23.1 Å². The minimum absolute atomic E-state index is 0.0914. The molecule has 2 atom stereocenters. The number of aromatic nitrogens is 2. The fourth-order valence-electron chi connectivity index (χ4n) is 2.56. The molecular formula is C17H20N4O. The lowest BCUT2D eigenvalue weighted by Crippen LogP contribution is -2.28. The summed E-state index contributed by atoms with van der Waals surface area (Å²) >= 11 is 0. The maximum atomic E-state index is 12.4. The molecule has 1 aromatic carbocycles. The van der Waals surface area contributed by atoms with Crippen molar-refractivity contribution in [2.24, 2.45) is 0 Å². The number of aryl methyl sites for hydroxylation is 1. The average molecular weight is 296 g/mol. The summed E-state index contributed by atoms with van der Waals surface area (Å²) in [5, 5.41) is 3.08. The molecular weight excluding hydrogens is 276 g/mol. The van der Waals surface area contributed by atoms with E-state index in [1.165, 1.54) is 5.56 Å². The Morgan fingerprint density at radius 1 is 1.27 bits per heavy atom.